The van der Waals surface area contributed by atoms with Crippen LogP contribution in [-0.4, -0.2) is 29.0 Å². The van der Waals surface area contributed by atoms with Crippen LogP contribution in [0.15, 0.2) is 70.8 Å². The molecular weight excluding hydrogens is 411 g/mol. The SMILES string of the molecule is Cc1ccc(Sc2nccnc2N2CCC[C@@H](C(=O)NCc3ccccc3F)C2)cc1. The molecule has 1 saturated heterocycles. The van der Waals surface area contributed by atoms with Crippen LogP contribution in [0.5, 0.6) is 0 Å². The minimum Gasteiger partial charge on any atom is -0.354 e. The molecule has 1 fully saturated rings. The van der Waals surface area contributed by atoms with Crippen molar-refractivity contribution in [2.75, 3.05) is 18.0 Å². The lowest BCUT2D eigenvalue weighted by atomic mass is 9.97. The van der Waals surface area contributed by atoms with E-state index in [1.807, 2.05) is 0 Å². The first-order valence-electron chi connectivity index (χ1n) is 10.4. The fourth-order valence-electron chi connectivity index (χ4n) is 3.68. The normalized spacial score (nSPS) is 16.2. The van der Waals surface area contributed by atoms with Crippen LogP contribution in [0.25, 0.3) is 0 Å². The molecule has 31 heavy (non-hydrogen) atoms. The molecule has 0 aliphatic carbocycles. The van der Waals surface area contributed by atoms with Crippen molar-refractivity contribution in [2.45, 2.75) is 36.2 Å². The minimum absolute atomic E-state index is 0.0513. The van der Waals surface area contributed by atoms with E-state index in [1.54, 1.807) is 42.4 Å². The zero-order chi connectivity index (χ0) is 21.6. The van der Waals surface area contributed by atoms with E-state index in [9.17, 15) is 9.18 Å². The fourth-order valence-corrected chi connectivity index (χ4v) is 4.56. The number of piperidine rings is 1. The summed E-state index contributed by atoms with van der Waals surface area (Å²) in [4.78, 5) is 25.1. The summed E-state index contributed by atoms with van der Waals surface area (Å²) in [5.41, 5.74) is 1.71. The highest BCUT2D eigenvalue weighted by Gasteiger charge is 2.28. The lowest BCUT2D eigenvalue weighted by Gasteiger charge is -2.33. The highest BCUT2D eigenvalue weighted by molar-refractivity contribution is 7.99. The molecule has 0 unspecified atom stereocenters. The van der Waals surface area contributed by atoms with Gasteiger partial charge in [0.15, 0.2) is 5.82 Å². The Labute approximate surface area is 186 Å². The Morgan fingerprint density at radius 1 is 1.16 bits per heavy atom. The molecule has 7 heteroatoms. The number of aryl methyl sites for hydroxylation is 1. The average molecular weight is 437 g/mol. The molecule has 1 N–H and O–H groups in total. The molecule has 0 bridgehead atoms. The Hall–Kier alpha value is -2.93. The lowest BCUT2D eigenvalue weighted by molar-refractivity contribution is -0.125. The molecule has 1 amide bonds. The van der Waals surface area contributed by atoms with Crippen molar-refractivity contribution in [3.05, 3.63) is 77.9 Å². The number of anilines is 1. The highest BCUT2D eigenvalue weighted by atomic mass is 32.2. The van der Waals surface area contributed by atoms with Crippen molar-refractivity contribution in [1.82, 2.24) is 15.3 Å². The van der Waals surface area contributed by atoms with Crippen LogP contribution < -0.4 is 10.2 Å². The van der Waals surface area contributed by atoms with Gasteiger partial charge in [-0.15, -0.1) is 0 Å². The van der Waals surface area contributed by atoms with Crippen LogP contribution in [0, 0.1) is 18.7 Å². The van der Waals surface area contributed by atoms with Gasteiger partial charge < -0.3 is 10.2 Å². The van der Waals surface area contributed by atoms with E-state index < -0.39 is 0 Å². The number of amides is 1. The topological polar surface area (TPSA) is 58.1 Å². The summed E-state index contributed by atoms with van der Waals surface area (Å²) in [6.07, 6.45) is 5.09. The summed E-state index contributed by atoms with van der Waals surface area (Å²) in [6, 6.07) is 14.8. The Morgan fingerprint density at radius 3 is 2.74 bits per heavy atom. The zero-order valence-corrected chi connectivity index (χ0v) is 18.2. The molecule has 1 atom stereocenters. The smallest absolute Gasteiger partial charge is 0.225 e. The Morgan fingerprint density at radius 2 is 1.94 bits per heavy atom. The van der Waals surface area contributed by atoms with E-state index in [4.69, 9.17) is 0 Å². The Bertz CT molecular complexity index is 1040. The van der Waals surface area contributed by atoms with Crippen LogP contribution in [-0.2, 0) is 11.3 Å². The third-order valence-corrected chi connectivity index (χ3v) is 6.37. The lowest BCUT2D eigenvalue weighted by Crippen LogP contribution is -2.43. The zero-order valence-electron chi connectivity index (χ0n) is 17.4. The third-order valence-electron chi connectivity index (χ3n) is 5.38. The van der Waals surface area contributed by atoms with Gasteiger partial charge in [0.25, 0.3) is 0 Å². The van der Waals surface area contributed by atoms with Gasteiger partial charge >= 0.3 is 0 Å². The van der Waals surface area contributed by atoms with E-state index >= 15 is 0 Å². The van der Waals surface area contributed by atoms with Gasteiger partial charge in [0.1, 0.15) is 10.8 Å². The predicted octanol–water partition coefficient (Wildman–Crippen LogP) is 4.61. The predicted molar refractivity (Wildman–Crippen MR) is 121 cm³/mol. The van der Waals surface area contributed by atoms with Crippen molar-refractivity contribution < 1.29 is 9.18 Å². The number of halogens is 1. The van der Waals surface area contributed by atoms with Gasteiger partial charge in [-0.05, 0) is 38.0 Å². The van der Waals surface area contributed by atoms with Gasteiger partial charge in [-0.25, -0.2) is 14.4 Å². The second-order valence-electron chi connectivity index (χ2n) is 7.69. The molecule has 0 saturated carbocycles. The second kappa shape index (κ2) is 9.92. The molecule has 4 rings (SSSR count). The van der Waals surface area contributed by atoms with Crippen LogP contribution in [0.3, 0.4) is 0 Å². The highest BCUT2D eigenvalue weighted by Crippen LogP contribution is 2.34. The summed E-state index contributed by atoms with van der Waals surface area (Å²) in [5.74, 6) is 0.286. The van der Waals surface area contributed by atoms with Crippen LogP contribution in [0.4, 0.5) is 10.2 Å². The molecule has 1 aromatic heterocycles. The van der Waals surface area contributed by atoms with Gasteiger partial charge in [0.05, 0.1) is 5.92 Å². The van der Waals surface area contributed by atoms with Crippen molar-refractivity contribution >= 4 is 23.5 Å². The molecule has 1 aliphatic heterocycles. The summed E-state index contributed by atoms with van der Waals surface area (Å²) in [5, 5.41) is 3.73. The van der Waals surface area contributed by atoms with Gasteiger partial charge in [-0.1, -0.05) is 47.7 Å². The van der Waals surface area contributed by atoms with E-state index in [1.165, 1.54) is 11.6 Å². The number of rotatable bonds is 6. The summed E-state index contributed by atoms with van der Waals surface area (Å²) >= 11 is 1.58. The fraction of sp³-hybridized carbons (Fsp3) is 0.292. The number of carbonyl (C=O) groups excluding carboxylic acids is 1. The molecule has 1 aliphatic rings. The first kappa shape index (κ1) is 21.3. The number of benzene rings is 2. The van der Waals surface area contributed by atoms with Crippen LogP contribution >= 0.6 is 11.8 Å². The number of nitrogens with zero attached hydrogens (tertiary/aromatic N) is 3. The molecule has 160 valence electrons. The summed E-state index contributed by atoms with van der Waals surface area (Å²) in [6.45, 7) is 3.66. The molecule has 0 radical (unpaired) electrons. The number of nitrogens with one attached hydrogen (secondary N) is 1. The maximum absolute atomic E-state index is 13.8. The van der Waals surface area contributed by atoms with E-state index in [0.29, 0.717) is 12.1 Å². The summed E-state index contributed by atoms with van der Waals surface area (Å²) in [7, 11) is 0. The number of carbonyl (C=O) groups is 1. The molecule has 0 spiro atoms. The average Bonchev–Trinajstić information content (AvgIpc) is 2.80. The number of hydrogen-bond acceptors (Lipinski definition) is 5. The van der Waals surface area contributed by atoms with Gasteiger partial charge in [-0.2, -0.15) is 0 Å². The second-order valence-corrected chi connectivity index (χ2v) is 8.76. The largest absolute Gasteiger partial charge is 0.354 e. The molecule has 2 aromatic carbocycles. The van der Waals surface area contributed by atoms with Crippen molar-refractivity contribution in [2.24, 2.45) is 5.92 Å². The molecule has 2 heterocycles. The van der Waals surface area contributed by atoms with E-state index in [-0.39, 0.29) is 24.2 Å². The maximum Gasteiger partial charge on any atom is 0.225 e. The van der Waals surface area contributed by atoms with Crippen molar-refractivity contribution in [3.8, 4) is 0 Å². The van der Waals surface area contributed by atoms with Gasteiger partial charge in [0.2, 0.25) is 5.91 Å². The maximum atomic E-state index is 13.8. The first-order valence-corrected chi connectivity index (χ1v) is 11.2. The first-order chi connectivity index (χ1) is 15.1. The minimum atomic E-state index is -0.301. The Balaban J connectivity index is 1.43. The standard InChI is InChI=1S/C24H25FN4OS/c1-17-8-10-20(11-9-17)31-24-22(26-12-13-27-24)29-14-4-6-19(16-29)23(30)28-15-18-5-2-3-7-21(18)25/h2-3,5,7-13,19H,4,6,14-16H2,1H3,(H,28,30)/t19-/m1/s1. The van der Waals surface area contributed by atoms with E-state index in [2.05, 4.69) is 51.4 Å². The van der Waals surface area contributed by atoms with Crippen molar-refractivity contribution in [3.63, 3.8) is 0 Å². The van der Waals surface area contributed by atoms with Crippen LogP contribution in [0.1, 0.15) is 24.0 Å². The molecule has 5 nitrogen and oxygen atoms in total. The van der Waals surface area contributed by atoms with Gasteiger partial charge in [0, 0.05) is 42.5 Å². The summed E-state index contributed by atoms with van der Waals surface area (Å²) < 4.78 is 13.8. The Kier molecular flexibility index (Phi) is 6.82. The number of hydrogen-bond donors (Lipinski definition) is 1. The van der Waals surface area contributed by atoms with Crippen LogP contribution in [0.2, 0.25) is 0 Å². The molecule has 3 aromatic rings. The quantitative estimate of drug-likeness (QED) is 0.612. The number of aromatic nitrogens is 2. The van der Waals surface area contributed by atoms with Gasteiger partial charge in [-0.3, -0.25) is 4.79 Å². The monoisotopic (exact) mass is 436 g/mol. The third kappa shape index (κ3) is 5.41. The molecular formula is C24H25FN4OS. The van der Waals surface area contributed by atoms with E-state index in [0.717, 1.165) is 35.1 Å². The van der Waals surface area contributed by atoms with Crippen molar-refractivity contribution in [1.29, 1.82) is 0 Å².